The van der Waals surface area contributed by atoms with E-state index in [0.29, 0.717) is 44.4 Å². The Morgan fingerprint density at radius 1 is 1.21 bits per heavy atom. The summed E-state index contributed by atoms with van der Waals surface area (Å²) in [7, 11) is -1.88. The molecule has 5 rings (SSSR count). The first-order chi connectivity index (χ1) is 17.9. The lowest BCUT2D eigenvalue weighted by molar-refractivity contribution is 0.0701. The second-order valence-corrected chi connectivity index (χ2v) is 18.0. The average Bonchev–Trinajstić information content (AvgIpc) is 3.29. The van der Waals surface area contributed by atoms with Crippen molar-refractivity contribution in [1.82, 2.24) is 14.8 Å². The highest BCUT2D eigenvalue weighted by atomic mass is 35.5. The number of nitrogens with zero attached hydrogens (tertiary/aromatic N) is 3. The van der Waals surface area contributed by atoms with Crippen molar-refractivity contribution in [3.05, 3.63) is 45.9 Å². The van der Waals surface area contributed by atoms with E-state index in [-0.39, 0.29) is 11.1 Å². The molecule has 2 aromatic heterocycles. The maximum atomic E-state index is 11.5. The highest BCUT2D eigenvalue weighted by molar-refractivity contribution is 7.19. The third-order valence-corrected chi connectivity index (χ3v) is 14.1. The second-order valence-electron chi connectivity index (χ2n) is 11.7. The molecule has 2 aliphatic rings. The lowest BCUT2D eigenvalue weighted by Gasteiger charge is -2.41. The minimum Gasteiger partial charge on any atom is -0.493 e. The normalized spacial score (nSPS) is 18.9. The Labute approximate surface area is 234 Å². The van der Waals surface area contributed by atoms with Crippen LogP contribution in [0.3, 0.4) is 0 Å². The fourth-order valence-electron chi connectivity index (χ4n) is 5.03. The van der Waals surface area contributed by atoms with Gasteiger partial charge in [0.05, 0.1) is 23.4 Å². The Kier molecular flexibility index (Phi) is 7.52. The summed E-state index contributed by atoms with van der Waals surface area (Å²) < 4.78 is 13.8. The fraction of sp³-hybridized carbons (Fsp3) is 0.500. The fourth-order valence-corrected chi connectivity index (χ4v) is 7.35. The van der Waals surface area contributed by atoms with Crippen LogP contribution in [0.4, 0.5) is 4.79 Å². The number of piperazine rings is 1. The van der Waals surface area contributed by atoms with Gasteiger partial charge >= 0.3 is 6.09 Å². The van der Waals surface area contributed by atoms with Crippen molar-refractivity contribution in [3.8, 4) is 16.9 Å². The summed E-state index contributed by atoms with van der Waals surface area (Å²) in [5, 5.41) is 10.2. The zero-order chi connectivity index (χ0) is 27.2. The average molecular weight is 574 g/mol. The summed E-state index contributed by atoms with van der Waals surface area (Å²) in [6.45, 7) is 14.9. The molecule has 1 fully saturated rings. The molecule has 0 aliphatic carbocycles. The Balaban J connectivity index is 1.51. The molecule has 1 N–H and O–H groups in total. The number of ether oxygens (including phenoxy) is 1. The molecule has 2 aliphatic heterocycles. The molecule has 0 saturated carbocycles. The van der Waals surface area contributed by atoms with Crippen LogP contribution in [0.5, 0.6) is 5.75 Å². The molecule has 4 heterocycles. The predicted octanol–water partition coefficient (Wildman–Crippen LogP) is 7.26. The van der Waals surface area contributed by atoms with E-state index in [0.717, 1.165) is 39.1 Å². The number of halogens is 1. The van der Waals surface area contributed by atoms with Gasteiger partial charge in [-0.1, -0.05) is 32.4 Å². The maximum Gasteiger partial charge on any atom is 0.407 e. The van der Waals surface area contributed by atoms with Crippen LogP contribution >= 0.6 is 22.9 Å². The van der Waals surface area contributed by atoms with Gasteiger partial charge in [0.2, 0.25) is 0 Å². The molecule has 1 amide bonds. The lowest BCUT2D eigenvalue weighted by atomic mass is 9.90. The summed E-state index contributed by atoms with van der Waals surface area (Å²) in [6, 6.07) is 8.29. The number of rotatable bonds is 5. The number of amides is 1. The van der Waals surface area contributed by atoms with E-state index >= 15 is 0 Å². The molecule has 10 heteroatoms. The molecule has 0 spiro atoms. The van der Waals surface area contributed by atoms with Crippen LogP contribution in [-0.4, -0.2) is 67.1 Å². The number of carboxylic acid groups (broad SMARTS) is 1. The molecule has 1 saturated heterocycles. The molecule has 3 aromatic rings. The quantitative estimate of drug-likeness (QED) is 0.324. The van der Waals surface area contributed by atoms with Crippen molar-refractivity contribution in [2.24, 2.45) is 0 Å². The number of fused-ring (bicyclic) bond motifs is 2. The number of hydrogen-bond donors (Lipinski definition) is 1. The third kappa shape index (κ3) is 5.31. The molecule has 1 aromatic carbocycles. The topological polar surface area (TPSA) is 75.1 Å². The molecular weight excluding hydrogens is 538 g/mol. The van der Waals surface area contributed by atoms with Crippen LogP contribution in [0.2, 0.25) is 23.2 Å². The zero-order valence-corrected chi connectivity index (χ0v) is 25.3. The molecule has 204 valence electrons. The van der Waals surface area contributed by atoms with E-state index in [1.807, 2.05) is 18.3 Å². The van der Waals surface area contributed by atoms with E-state index in [1.54, 1.807) is 11.3 Å². The van der Waals surface area contributed by atoms with E-state index in [1.165, 1.54) is 9.78 Å². The molecule has 1 atom stereocenters. The monoisotopic (exact) mass is 573 g/mol. The number of benzene rings is 1. The van der Waals surface area contributed by atoms with E-state index < -0.39 is 14.4 Å². The van der Waals surface area contributed by atoms with Crippen molar-refractivity contribution in [3.63, 3.8) is 0 Å². The van der Waals surface area contributed by atoms with E-state index in [9.17, 15) is 9.90 Å². The molecule has 1 unspecified atom stereocenters. The molecule has 0 bridgehead atoms. The molecule has 38 heavy (non-hydrogen) atoms. The SMILES string of the molecule is CC(C)(C)[Si](C)(C)OCc1cc2nccc(-c3cc(Cl)cc4c3C(N3CCN(C(=O)O)CC3)CCO4)c2s1. The van der Waals surface area contributed by atoms with E-state index in [4.69, 9.17) is 20.8 Å². The van der Waals surface area contributed by atoms with Gasteiger partial charge in [-0.05, 0) is 48.0 Å². The van der Waals surface area contributed by atoms with E-state index in [2.05, 4.69) is 55.9 Å². The maximum absolute atomic E-state index is 11.5. The van der Waals surface area contributed by atoms with Crippen molar-refractivity contribution in [1.29, 1.82) is 0 Å². The second kappa shape index (κ2) is 10.4. The van der Waals surface area contributed by atoms with Gasteiger partial charge in [0.1, 0.15) is 5.75 Å². The number of carbonyl (C=O) groups is 1. The smallest absolute Gasteiger partial charge is 0.407 e. The minimum atomic E-state index is -1.88. The summed E-state index contributed by atoms with van der Waals surface area (Å²) in [4.78, 5) is 21.2. The number of pyridine rings is 1. The predicted molar refractivity (Wildman–Crippen MR) is 156 cm³/mol. The Morgan fingerprint density at radius 3 is 2.63 bits per heavy atom. The highest BCUT2D eigenvalue weighted by Crippen LogP contribution is 2.47. The number of hydrogen-bond acceptors (Lipinski definition) is 6. The van der Waals surface area contributed by atoms with Crippen LogP contribution in [0.15, 0.2) is 30.5 Å². The van der Waals surface area contributed by atoms with Crippen molar-refractivity contribution in [2.75, 3.05) is 32.8 Å². The summed E-state index contributed by atoms with van der Waals surface area (Å²) in [6.07, 6.45) is 1.86. The first-order valence-electron chi connectivity index (χ1n) is 13.1. The first kappa shape index (κ1) is 27.4. The van der Waals surface area contributed by atoms with Gasteiger partial charge in [-0.25, -0.2) is 4.79 Å². The molecule has 0 radical (unpaired) electrons. The number of thiophene rings is 1. The van der Waals surface area contributed by atoms with Gasteiger partial charge in [0, 0.05) is 65.9 Å². The van der Waals surface area contributed by atoms with Gasteiger partial charge < -0.3 is 19.2 Å². The Morgan fingerprint density at radius 2 is 1.95 bits per heavy atom. The standard InChI is InChI=1S/C28H36ClN3O4SSi/c1-28(2,3)38(4,5)36-17-19-16-22-26(37-19)20(6-8-30-22)21-14-18(29)15-24-25(21)23(7-13-35-24)31-9-11-32(12-10-31)27(33)34/h6,8,14-16,23H,7,9-13,17H2,1-5H3,(H,33,34). The highest BCUT2D eigenvalue weighted by Gasteiger charge is 2.37. The van der Waals surface area contributed by atoms with Gasteiger partial charge in [-0.2, -0.15) is 0 Å². The van der Waals surface area contributed by atoms with Gasteiger partial charge in [-0.15, -0.1) is 11.3 Å². The number of aromatic nitrogens is 1. The van der Waals surface area contributed by atoms with Gasteiger partial charge in [0.15, 0.2) is 8.32 Å². The summed E-state index contributed by atoms with van der Waals surface area (Å²) in [5.41, 5.74) is 4.24. The largest absolute Gasteiger partial charge is 0.493 e. The molecular formula is C28H36ClN3O4SSi. The van der Waals surface area contributed by atoms with Crippen molar-refractivity contribution < 1.29 is 19.1 Å². The minimum absolute atomic E-state index is 0.131. The third-order valence-electron chi connectivity index (χ3n) is 8.25. The van der Waals surface area contributed by atoms with Gasteiger partial charge in [-0.3, -0.25) is 9.88 Å². The molecule has 7 nitrogen and oxygen atoms in total. The van der Waals surface area contributed by atoms with Crippen LogP contribution in [0.25, 0.3) is 21.3 Å². The van der Waals surface area contributed by atoms with Crippen LogP contribution in [0, 0.1) is 0 Å². The Bertz CT molecular complexity index is 1350. The van der Waals surface area contributed by atoms with Crippen molar-refractivity contribution in [2.45, 2.75) is 58.0 Å². The zero-order valence-electron chi connectivity index (χ0n) is 22.7. The summed E-state index contributed by atoms with van der Waals surface area (Å²) >= 11 is 8.36. The van der Waals surface area contributed by atoms with Crippen molar-refractivity contribution >= 4 is 47.6 Å². The van der Waals surface area contributed by atoms with Crippen LogP contribution < -0.4 is 4.74 Å². The van der Waals surface area contributed by atoms with Crippen LogP contribution in [0.1, 0.15) is 43.7 Å². The van der Waals surface area contributed by atoms with Crippen LogP contribution in [-0.2, 0) is 11.0 Å². The summed E-state index contributed by atoms with van der Waals surface area (Å²) in [5.74, 6) is 0.812. The van der Waals surface area contributed by atoms with Gasteiger partial charge in [0.25, 0.3) is 0 Å². The Hall–Kier alpha value is -2.17. The lowest BCUT2D eigenvalue weighted by Crippen LogP contribution is -2.50. The first-order valence-corrected chi connectivity index (χ1v) is 17.2.